The van der Waals surface area contributed by atoms with Crippen LogP contribution in [0.2, 0.25) is 5.04 Å². The van der Waals surface area contributed by atoms with Gasteiger partial charge in [-0.3, -0.25) is 0 Å². The molecule has 0 aliphatic carbocycles. The van der Waals surface area contributed by atoms with Crippen molar-refractivity contribution in [2.45, 2.75) is 39.3 Å². The Morgan fingerprint density at radius 2 is 1.71 bits per heavy atom. The SMILES string of the molecule is Cc1ccc(O)c(CO[SiH2]C(C)(C)C)c1-c1ccccc1. The van der Waals surface area contributed by atoms with Gasteiger partial charge in [-0.05, 0) is 34.7 Å². The normalized spacial score (nSPS) is 12.2. The first-order valence-electron chi connectivity index (χ1n) is 7.33. The predicted molar refractivity (Wildman–Crippen MR) is 91.3 cm³/mol. The van der Waals surface area contributed by atoms with Crippen LogP contribution in [0.5, 0.6) is 5.75 Å². The van der Waals surface area contributed by atoms with Crippen molar-refractivity contribution in [2.75, 3.05) is 0 Å². The lowest BCUT2D eigenvalue weighted by molar-refractivity contribution is 0.303. The summed E-state index contributed by atoms with van der Waals surface area (Å²) in [5, 5.41) is 10.5. The van der Waals surface area contributed by atoms with Crippen molar-refractivity contribution in [2.24, 2.45) is 0 Å². The average Bonchev–Trinajstić information content (AvgIpc) is 2.42. The third-order valence-electron chi connectivity index (χ3n) is 3.34. The molecule has 2 aromatic carbocycles. The Morgan fingerprint density at radius 3 is 2.33 bits per heavy atom. The molecule has 0 aliphatic heterocycles. The topological polar surface area (TPSA) is 29.5 Å². The van der Waals surface area contributed by atoms with Crippen molar-refractivity contribution in [3.63, 3.8) is 0 Å². The lowest BCUT2D eigenvalue weighted by Crippen LogP contribution is -2.12. The highest BCUT2D eigenvalue weighted by Gasteiger charge is 2.16. The van der Waals surface area contributed by atoms with Gasteiger partial charge in [0.1, 0.15) is 5.75 Å². The third kappa shape index (κ3) is 4.19. The maximum atomic E-state index is 10.2. The maximum Gasteiger partial charge on any atom is 0.167 e. The molecule has 2 aromatic rings. The zero-order valence-electron chi connectivity index (χ0n) is 13.3. The van der Waals surface area contributed by atoms with E-state index in [-0.39, 0.29) is 5.04 Å². The highest BCUT2D eigenvalue weighted by Crippen LogP contribution is 2.34. The standard InChI is InChI=1S/C18H24O2Si/c1-13-10-11-16(19)15(12-20-21-18(2,3)4)17(13)14-8-6-5-7-9-14/h5-11,19H,12,21H2,1-4H3. The second-order valence-corrected chi connectivity index (χ2v) is 9.49. The van der Waals surface area contributed by atoms with Crippen molar-refractivity contribution in [1.29, 1.82) is 0 Å². The second-order valence-electron chi connectivity index (χ2n) is 6.67. The van der Waals surface area contributed by atoms with Crippen molar-refractivity contribution < 1.29 is 9.53 Å². The minimum Gasteiger partial charge on any atom is -0.508 e. The molecule has 0 aromatic heterocycles. The van der Waals surface area contributed by atoms with Gasteiger partial charge in [0, 0.05) is 5.56 Å². The first kappa shape index (κ1) is 15.8. The molecule has 2 nitrogen and oxygen atoms in total. The Balaban J connectivity index is 2.34. The van der Waals surface area contributed by atoms with E-state index in [2.05, 4.69) is 39.8 Å². The first-order chi connectivity index (χ1) is 9.88. The van der Waals surface area contributed by atoms with Gasteiger partial charge in [0.15, 0.2) is 9.76 Å². The minimum absolute atomic E-state index is 0.256. The van der Waals surface area contributed by atoms with Crippen LogP contribution in [0.1, 0.15) is 31.9 Å². The van der Waals surface area contributed by atoms with Crippen LogP contribution < -0.4 is 0 Å². The van der Waals surface area contributed by atoms with Gasteiger partial charge in [-0.2, -0.15) is 0 Å². The van der Waals surface area contributed by atoms with Gasteiger partial charge in [0.25, 0.3) is 0 Å². The zero-order chi connectivity index (χ0) is 15.5. The van der Waals surface area contributed by atoms with Crippen molar-refractivity contribution in [1.82, 2.24) is 0 Å². The van der Waals surface area contributed by atoms with E-state index in [0.717, 1.165) is 22.3 Å². The van der Waals surface area contributed by atoms with E-state index in [0.29, 0.717) is 12.4 Å². The number of benzene rings is 2. The highest BCUT2D eigenvalue weighted by atomic mass is 28.2. The largest absolute Gasteiger partial charge is 0.508 e. The Hall–Kier alpha value is -1.58. The molecule has 21 heavy (non-hydrogen) atoms. The number of phenolic OH excluding ortho intramolecular Hbond substituents is 1. The minimum atomic E-state index is -0.629. The van der Waals surface area contributed by atoms with E-state index in [9.17, 15) is 5.11 Å². The Labute approximate surface area is 129 Å². The monoisotopic (exact) mass is 300 g/mol. The number of rotatable bonds is 4. The van der Waals surface area contributed by atoms with Crippen LogP contribution in [0.4, 0.5) is 0 Å². The smallest absolute Gasteiger partial charge is 0.167 e. The van der Waals surface area contributed by atoms with Gasteiger partial charge in [0.05, 0.1) is 6.61 Å². The molecule has 0 bridgehead atoms. The van der Waals surface area contributed by atoms with Crippen LogP contribution in [-0.4, -0.2) is 14.9 Å². The second kappa shape index (κ2) is 6.46. The van der Waals surface area contributed by atoms with E-state index >= 15 is 0 Å². The van der Waals surface area contributed by atoms with Gasteiger partial charge >= 0.3 is 0 Å². The van der Waals surface area contributed by atoms with Crippen LogP contribution in [-0.2, 0) is 11.0 Å². The van der Waals surface area contributed by atoms with E-state index in [1.54, 1.807) is 6.07 Å². The van der Waals surface area contributed by atoms with Crippen LogP contribution in [0, 0.1) is 6.92 Å². The van der Waals surface area contributed by atoms with Crippen LogP contribution in [0.25, 0.3) is 11.1 Å². The highest BCUT2D eigenvalue weighted by molar-refractivity contribution is 6.31. The molecule has 0 spiro atoms. The summed E-state index contributed by atoms with van der Waals surface area (Å²) in [7, 11) is -0.629. The fourth-order valence-corrected chi connectivity index (χ4v) is 3.28. The third-order valence-corrected chi connectivity index (χ3v) is 4.61. The number of hydrogen-bond acceptors (Lipinski definition) is 2. The Bertz CT molecular complexity index is 601. The van der Waals surface area contributed by atoms with Gasteiger partial charge in [-0.1, -0.05) is 57.2 Å². The van der Waals surface area contributed by atoms with Crippen LogP contribution in [0.15, 0.2) is 42.5 Å². The summed E-state index contributed by atoms with van der Waals surface area (Å²) in [5.74, 6) is 0.322. The van der Waals surface area contributed by atoms with Gasteiger partial charge < -0.3 is 9.53 Å². The van der Waals surface area contributed by atoms with E-state index in [1.807, 2.05) is 24.3 Å². The summed E-state index contributed by atoms with van der Waals surface area (Å²) in [5.41, 5.74) is 4.29. The maximum absolute atomic E-state index is 10.2. The summed E-state index contributed by atoms with van der Waals surface area (Å²) in [4.78, 5) is 0. The molecule has 112 valence electrons. The molecule has 0 radical (unpaired) electrons. The summed E-state index contributed by atoms with van der Waals surface area (Å²) >= 11 is 0. The van der Waals surface area contributed by atoms with Gasteiger partial charge in [-0.25, -0.2) is 0 Å². The zero-order valence-corrected chi connectivity index (χ0v) is 14.7. The molecule has 3 heteroatoms. The molecule has 0 amide bonds. The molecular formula is C18H24O2Si. The molecular weight excluding hydrogens is 276 g/mol. The molecule has 0 unspecified atom stereocenters. The lowest BCUT2D eigenvalue weighted by Gasteiger charge is -2.19. The molecule has 0 aliphatic rings. The number of hydrogen-bond donors (Lipinski definition) is 1. The van der Waals surface area contributed by atoms with Gasteiger partial charge in [-0.15, -0.1) is 0 Å². The molecule has 0 atom stereocenters. The average molecular weight is 300 g/mol. The summed E-state index contributed by atoms with van der Waals surface area (Å²) in [6.45, 7) is 9.17. The van der Waals surface area contributed by atoms with E-state index in [4.69, 9.17) is 4.43 Å². The first-order valence-corrected chi connectivity index (χ1v) is 8.61. The van der Waals surface area contributed by atoms with E-state index in [1.165, 1.54) is 0 Å². The quantitative estimate of drug-likeness (QED) is 0.858. The molecule has 0 saturated carbocycles. The molecule has 0 heterocycles. The molecule has 0 saturated heterocycles. The number of phenols is 1. The number of aryl methyl sites for hydroxylation is 1. The fraction of sp³-hybridized carbons (Fsp3) is 0.333. The van der Waals surface area contributed by atoms with Crippen molar-refractivity contribution in [3.05, 3.63) is 53.6 Å². The predicted octanol–water partition coefficient (Wildman–Crippen LogP) is 4.19. The van der Waals surface area contributed by atoms with Gasteiger partial charge in [0.2, 0.25) is 0 Å². The Kier molecular flexibility index (Phi) is 4.86. The summed E-state index contributed by atoms with van der Waals surface area (Å²) in [6, 6.07) is 13.9. The molecule has 2 rings (SSSR count). The van der Waals surface area contributed by atoms with Crippen LogP contribution in [0.3, 0.4) is 0 Å². The Morgan fingerprint density at radius 1 is 1.05 bits per heavy atom. The molecule has 0 fully saturated rings. The molecule has 1 N–H and O–H groups in total. The summed E-state index contributed by atoms with van der Waals surface area (Å²) in [6.07, 6.45) is 0. The lowest BCUT2D eigenvalue weighted by atomic mass is 9.95. The van der Waals surface area contributed by atoms with Crippen LogP contribution >= 0.6 is 0 Å². The summed E-state index contributed by atoms with van der Waals surface area (Å²) < 4.78 is 5.96. The number of aromatic hydroxyl groups is 1. The fourth-order valence-electron chi connectivity index (χ4n) is 2.37. The van der Waals surface area contributed by atoms with Crippen molar-refractivity contribution in [3.8, 4) is 16.9 Å². The van der Waals surface area contributed by atoms with Crippen molar-refractivity contribution >= 4 is 9.76 Å². The van der Waals surface area contributed by atoms with E-state index < -0.39 is 9.76 Å².